The summed E-state index contributed by atoms with van der Waals surface area (Å²) in [6.45, 7) is 0. The van der Waals surface area contributed by atoms with Gasteiger partial charge in [0, 0.05) is 5.75 Å². The van der Waals surface area contributed by atoms with E-state index in [1.807, 2.05) is 0 Å². The van der Waals surface area contributed by atoms with E-state index >= 15 is 0 Å². The topological polar surface area (TPSA) is 72.6 Å². The summed E-state index contributed by atoms with van der Waals surface area (Å²) in [7, 11) is 0. The molecule has 2 unspecified atom stereocenters. The van der Waals surface area contributed by atoms with E-state index in [0.717, 1.165) is 6.42 Å². The highest BCUT2D eigenvalue weighted by Crippen LogP contribution is 2.25. The van der Waals surface area contributed by atoms with E-state index in [2.05, 4.69) is 4.98 Å². The number of carboxylic acid groups (broad SMARTS) is 1. The predicted molar refractivity (Wildman–Crippen MR) is 52.8 cm³/mol. The molecule has 82 valence electrons. The molecule has 1 N–H and O–H groups in total. The Morgan fingerprint density at radius 1 is 1.67 bits per heavy atom. The Labute approximate surface area is 90.8 Å². The second-order valence-electron chi connectivity index (χ2n) is 3.27. The second kappa shape index (κ2) is 4.67. The number of rotatable bonds is 4. The zero-order valence-electron chi connectivity index (χ0n) is 7.96. The molecular formula is C9H11NO4S. The number of carboxylic acids is 1. The van der Waals surface area contributed by atoms with Gasteiger partial charge in [-0.1, -0.05) is 11.8 Å². The molecular weight excluding hydrogens is 218 g/mol. The van der Waals surface area contributed by atoms with Crippen molar-refractivity contribution >= 4 is 17.7 Å². The summed E-state index contributed by atoms with van der Waals surface area (Å²) in [5, 5.41) is 9.32. The molecule has 0 radical (unpaired) electrons. The SMILES string of the molecule is O=C(O)C1CCC(CSc2ncco2)O1. The Hall–Kier alpha value is -1.01. The van der Waals surface area contributed by atoms with Crippen LogP contribution in [0.15, 0.2) is 22.1 Å². The number of hydrogen-bond donors (Lipinski definition) is 1. The van der Waals surface area contributed by atoms with Crippen molar-refractivity contribution in [2.75, 3.05) is 5.75 Å². The molecule has 15 heavy (non-hydrogen) atoms. The zero-order chi connectivity index (χ0) is 10.7. The molecule has 0 aromatic carbocycles. The molecule has 1 saturated heterocycles. The number of hydrogen-bond acceptors (Lipinski definition) is 5. The van der Waals surface area contributed by atoms with Crippen LogP contribution >= 0.6 is 11.8 Å². The van der Waals surface area contributed by atoms with Crippen LogP contribution in [0.1, 0.15) is 12.8 Å². The number of carbonyl (C=O) groups is 1. The Bertz CT molecular complexity index is 327. The van der Waals surface area contributed by atoms with Gasteiger partial charge in [-0.15, -0.1) is 0 Å². The number of aromatic nitrogens is 1. The average Bonchev–Trinajstić information content (AvgIpc) is 2.86. The van der Waals surface area contributed by atoms with E-state index in [9.17, 15) is 4.79 Å². The summed E-state index contributed by atoms with van der Waals surface area (Å²) < 4.78 is 10.4. The summed E-state index contributed by atoms with van der Waals surface area (Å²) in [5.41, 5.74) is 0. The number of oxazole rings is 1. The minimum Gasteiger partial charge on any atom is -0.479 e. The van der Waals surface area contributed by atoms with Crippen molar-refractivity contribution < 1.29 is 19.1 Å². The Balaban J connectivity index is 1.75. The van der Waals surface area contributed by atoms with Crippen molar-refractivity contribution in [1.82, 2.24) is 4.98 Å². The highest BCUT2D eigenvalue weighted by Gasteiger charge is 2.30. The molecule has 0 amide bonds. The number of nitrogens with zero attached hydrogens (tertiary/aromatic N) is 1. The second-order valence-corrected chi connectivity index (χ2v) is 4.24. The molecule has 1 aliphatic heterocycles. The van der Waals surface area contributed by atoms with Crippen LogP contribution in [0.3, 0.4) is 0 Å². The average molecular weight is 229 g/mol. The normalized spacial score (nSPS) is 25.6. The van der Waals surface area contributed by atoms with Crippen molar-refractivity contribution in [1.29, 1.82) is 0 Å². The van der Waals surface area contributed by atoms with Gasteiger partial charge < -0.3 is 14.3 Å². The van der Waals surface area contributed by atoms with Gasteiger partial charge in [-0.3, -0.25) is 0 Å². The Morgan fingerprint density at radius 2 is 2.53 bits per heavy atom. The standard InChI is InChI=1S/C9H11NO4S/c11-8(12)7-2-1-6(14-7)5-15-9-10-3-4-13-9/h3-4,6-7H,1-2,5H2,(H,11,12). The summed E-state index contributed by atoms with van der Waals surface area (Å²) in [5.74, 6) is -0.191. The van der Waals surface area contributed by atoms with Gasteiger partial charge in [0.1, 0.15) is 6.26 Å². The molecule has 6 heteroatoms. The molecule has 1 aromatic rings. The molecule has 2 rings (SSSR count). The molecule has 1 aromatic heterocycles. The lowest BCUT2D eigenvalue weighted by Gasteiger charge is -2.08. The van der Waals surface area contributed by atoms with E-state index in [1.165, 1.54) is 18.0 Å². The predicted octanol–water partition coefficient (Wildman–Crippen LogP) is 1.40. The first-order valence-electron chi connectivity index (χ1n) is 4.66. The molecule has 5 nitrogen and oxygen atoms in total. The maximum absolute atomic E-state index is 10.6. The maximum atomic E-state index is 10.6. The van der Waals surface area contributed by atoms with Crippen LogP contribution in [-0.2, 0) is 9.53 Å². The molecule has 2 atom stereocenters. The van der Waals surface area contributed by atoms with Crippen molar-refractivity contribution in [2.45, 2.75) is 30.3 Å². The van der Waals surface area contributed by atoms with E-state index < -0.39 is 12.1 Å². The van der Waals surface area contributed by atoms with Gasteiger partial charge in [0.25, 0.3) is 5.22 Å². The third-order valence-electron chi connectivity index (χ3n) is 2.19. The first-order valence-corrected chi connectivity index (χ1v) is 5.65. The van der Waals surface area contributed by atoms with Crippen molar-refractivity contribution in [2.24, 2.45) is 0 Å². The maximum Gasteiger partial charge on any atom is 0.332 e. The van der Waals surface area contributed by atoms with E-state index in [4.69, 9.17) is 14.3 Å². The highest BCUT2D eigenvalue weighted by molar-refractivity contribution is 7.99. The van der Waals surface area contributed by atoms with Crippen LogP contribution in [-0.4, -0.2) is 34.0 Å². The monoisotopic (exact) mass is 229 g/mol. The first-order chi connectivity index (χ1) is 7.25. The number of thioether (sulfide) groups is 1. The van der Waals surface area contributed by atoms with Crippen LogP contribution in [0.2, 0.25) is 0 Å². The van der Waals surface area contributed by atoms with Gasteiger partial charge in [0.05, 0.1) is 12.3 Å². The van der Waals surface area contributed by atoms with Crippen LogP contribution in [0.5, 0.6) is 0 Å². The largest absolute Gasteiger partial charge is 0.479 e. The quantitative estimate of drug-likeness (QED) is 0.787. The molecule has 0 spiro atoms. The number of ether oxygens (including phenoxy) is 1. The van der Waals surface area contributed by atoms with E-state index in [1.54, 1.807) is 6.20 Å². The lowest BCUT2D eigenvalue weighted by atomic mass is 10.2. The summed E-state index contributed by atoms with van der Waals surface area (Å²) in [6, 6.07) is 0. The zero-order valence-corrected chi connectivity index (χ0v) is 8.77. The first kappa shape index (κ1) is 10.5. The molecule has 1 fully saturated rings. The van der Waals surface area contributed by atoms with Crippen molar-refractivity contribution in [3.8, 4) is 0 Å². The van der Waals surface area contributed by atoms with Crippen LogP contribution in [0, 0.1) is 0 Å². The molecule has 2 heterocycles. The smallest absolute Gasteiger partial charge is 0.332 e. The van der Waals surface area contributed by atoms with Crippen LogP contribution < -0.4 is 0 Å². The van der Waals surface area contributed by atoms with Gasteiger partial charge in [0.2, 0.25) is 0 Å². The molecule has 0 aliphatic carbocycles. The summed E-state index contributed by atoms with van der Waals surface area (Å²) in [6.07, 6.45) is 3.82. The summed E-state index contributed by atoms with van der Waals surface area (Å²) >= 11 is 1.44. The lowest BCUT2D eigenvalue weighted by Crippen LogP contribution is -2.21. The van der Waals surface area contributed by atoms with Crippen molar-refractivity contribution in [3.63, 3.8) is 0 Å². The molecule has 0 bridgehead atoms. The van der Waals surface area contributed by atoms with Gasteiger partial charge >= 0.3 is 5.97 Å². The molecule has 0 saturated carbocycles. The minimum atomic E-state index is -0.876. The lowest BCUT2D eigenvalue weighted by molar-refractivity contribution is -0.148. The molecule has 1 aliphatic rings. The Morgan fingerprint density at radius 3 is 3.13 bits per heavy atom. The minimum absolute atomic E-state index is 0.0111. The third-order valence-corrected chi connectivity index (χ3v) is 3.17. The highest BCUT2D eigenvalue weighted by atomic mass is 32.2. The summed E-state index contributed by atoms with van der Waals surface area (Å²) in [4.78, 5) is 14.6. The fourth-order valence-electron chi connectivity index (χ4n) is 1.46. The van der Waals surface area contributed by atoms with Gasteiger partial charge in [-0.05, 0) is 12.8 Å². The third kappa shape index (κ3) is 2.73. The van der Waals surface area contributed by atoms with Gasteiger partial charge in [0.15, 0.2) is 6.10 Å². The van der Waals surface area contributed by atoms with Gasteiger partial charge in [-0.2, -0.15) is 0 Å². The van der Waals surface area contributed by atoms with Crippen LogP contribution in [0.4, 0.5) is 0 Å². The van der Waals surface area contributed by atoms with E-state index in [-0.39, 0.29) is 6.10 Å². The fraction of sp³-hybridized carbons (Fsp3) is 0.556. The van der Waals surface area contributed by atoms with Crippen molar-refractivity contribution in [3.05, 3.63) is 12.5 Å². The Kier molecular flexibility index (Phi) is 3.27. The van der Waals surface area contributed by atoms with Crippen LogP contribution in [0.25, 0.3) is 0 Å². The van der Waals surface area contributed by atoms with E-state index in [0.29, 0.717) is 17.4 Å². The number of aliphatic carboxylic acids is 1. The fourth-order valence-corrected chi connectivity index (χ4v) is 2.29. The van der Waals surface area contributed by atoms with Gasteiger partial charge in [-0.25, -0.2) is 9.78 Å².